The molecule has 2 N–H and O–H groups in total. The standard InChI is InChI=1S/C17H24N2O3/c1-21-13-7-8-15-14(11-13)19(9-10-22-15)17(20)16(18)12-5-3-2-4-6-12/h2-6,13-16H,7-11,18H2,1H3/t13-,14-,15+,16-/m1/s1. The van der Waals surface area contributed by atoms with E-state index in [1.54, 1.807) is 7.11 Å². The van der Waals surface area contributed by atoms with Gasteiger partial charge < -0.3 is 20.1 Å². The van der Waals surface area contributed by atoms with E-state index >= 15 is 0 Å². The fraction of sp³-hybridized carbons (Fsp3) is 0.588. The summed E-state index contributed by atoms with van der Waals surface area (Å²) < 4.78 is 11.3. The molecule has 3 rings (SSSR count). The van der Waals surface area contributed by atoms with Crippen molar-refractivity contribution >= 4 is 5.91 Å². The fourth-order valence-electron chi connectivity index (χ4n) is 3.54. The maximum Gasteiger partial charge on any atom is 0.244 e. The van der Waals surface area contributed by atoms with E-state index < -0.39 is 6.04 Å². The van der Waals surface area contributed by atoms with E-state index in [9.17, 15) is 4.79 Å². The van der Waals surface area contributed by atoms with Crippen molar-refractivity contribution < 1.29 is 14.3 Å². The molecule has 1 saturated heterocycles. The molecule has 1 heterocycles. The van der Waals surface area contributed by atoms with Crippen LogP contribution in [-0.2, 0) is 14.3 Å². The lowest BCUT2D eigenvalue weighted by Crippen LogP contribution is -2.58. The molecule has 1 aromatic rings. The molecule has 4 atom stereocenters. The number of rotatable bonds is 3. The van der Waals surface area contributed by atoms with Crippen molar-refractivity contribution in [2.24, 2.45) is 5.73 Å². The Bertz CT molecular complexity index is 508. The highest BCUT2D eigenvalue weighted by molar-refractivity contribution is 5.83. The van der Waals surface area contributed by atoms with E-state index in [1.807, 2.05) is 35.2 Å². The number of nitrogens with zero attached hydrogens (tertiary/aromatic N) is 1. The van der Waals surface area contributed by atoms with Gasteiger partial charge in [0.1, 0.15) is 6.04 Å². The molecular weight excluding hydrogens is 280 g/mol. The Morgan fingerprint density at radius 1 is 1.36 bits per heavy atom. The Hall–Kier alpha value is -1.43. The summed E-state index contributed by atoms with van der Waals surface area (Å²) in [7, 11) is 1.73. The van der Waals surface area contributed by atoms with Crippen LogP contribution in [0, 0.1) is 0 Å². The molecule has 2 aliphatic rings. The van der Waals surface area contributed by atoms with Gasteiger partial charge in [0.2, 0.25) is 5.91 Å². The number of carbonyl (C=O) groups excluding carboxylic acids is 1. The molecule has 1 aliphatic carbocycles. The molecule has 0 spiro atoms. The number of fused-ring (bicyclic) bond motifs is 1. The summed E-state index contributed by atoms with van der Waals surface area (Å²) in [5.74, 6) is -0.0127. The van der Waals surface area contributed by atoms with Crippen molar-refractivity contribution in [2.45, 2.75) is 43.6 Å². The van der Waals surface area contributed by atoms with Gasteiger partial charge in [0.05, 0.1) is 24.9 Å². The van der Waals surface area contributed by atoms with Crippen LogP contribution in [0.5, 0.6) is 0 Å². The second-order valence-electron chi connectivity index (χ2n) is 6.07. The van der Waals surface area contributed by atoms with Crippen LogP contribution < -0.4 is 5.73 Å². The zero-order chi connectivity index (χ0) is 15.5. The van der Waals surface area contributed by atoms with Crippen LogP contribution in [0.4, 0.5) is 0 Å². The van der Waals surface area contributed by atoms with Crippen LogP contribution >= 0.6 is 0 Å². The van der Waals surface area contributed by atoms with Gasteiger partial charge in [-0.05, 0) is 24.8 Å². The third-order valence-corrected chi connectivity index (χ3v) is 4.81. The van der Waals surface area contributed by atoms with E-state index in [1.165, 1.54) is 0 Å². The van der Waals surface area contributed by atoms with Crippen LogP contribution in [0.15, 0.2) is 30.3 Å². The molecular formula is C17H24N2O3. The van der Waals surface area contributed by atoms with E-state index in [0.717, 1.165) is 24.8 Å². The van der Waals surface area contributed by atoms with Gasteiger partial charge >= 0.3 is 0 Å². The predicted octanol–water partition coefficient (Wildman–Crippen LogP) is 1.48. The maximum atomic E-state index is 12.9. The zero-order valence-corrected chi connectivity index (χ0v) is 13.0. The highest BCUT2D eigenvalue weighted by atomic mass is 16.5. The third kappa shape index (κ3) is 3.02. The Morgan fingerprint density at radius 2 is 2.14 bits per heavy atom. The third-order valence-electron chi connectivity index (χ3n) is 4.81. The van der Waals surface area contributed by atoms with Crippen molar-refractivity contribution in [1.29, 1.82) is 0 Å². The number of hydrogen-bond donors (Lipinski definition) is 1. The number of carbonyl (C=O) groups is 1. The lowest BCUT2D eigenvalue weighted by Gasteiger charge is -2.46. The van der Waals surface area contributed by atoms with Crippen molar-refractivity contribution in [3.8, 4) is 0 Å². The first kappa shape index (κ1) is 15.5. The lowest BCUT2D eigenvalue weighted by molar-refractivity contribution is -0.156. The van der Waals surface area contributed by atoms with Crippen LogP contribution in [0.25, 0.3) is 0 Å². The van der Waals surface area contributed by atoms with Crippen LogP contribution in [0.3, 0.4) is 0 Å². The second-order valence-corrected chi connectivity index (χ2v) is 6.07. The number of nitrogens with two attached hydrogens (primary N) is 1. The topological polar surface area (TPSA) is 64.8 Å². The van der Waals surface area contributed by atoms with Gasteiger partial charge in [-0.3, -0.25) is 4.79 Å². The molecule has 0 radical (unpaired) electrons. The molecule has 0 aromatic heterocycles. The lowest BCUT2D eigenvalue weighted by atomic mass is 9.87. The van der Waals surface area contributed by atoms with Gasteiger partial charge in [-0.1, -0.05) is 30.3 Å². The molecule has 5 nitrogen and oxygen atoms in total. The summed E-state index contributed by atoms with van der Waals surface area (Å²) in [6, 6.07) is 9.02. The summed E-state index contributed by atoms with van der Waals surface area (Å²) in [5, 5.41) is 0. The largest absolute Gasteiger partial charge is 0.381 e. The summed E-state index contributed by atoms with van der Waals surface area (Å²) in [6.07, 6.45) is 3.07. The van der Waals surface area contributed by atoms with Crippen molar-refractivity contribution in [3.63, 3.8) is 0 Å². The van der Waals surface area contributed by atoms with E-state index in [0.29, 0.717) is 13.2 Å². The molecule has 1 aromatic carbocycles. The minimum absolute atomic E-state index is 0.0127. The first-order valence-electron chi connectivity index (χ1n) is 7.96. The Morgan fingerprint density at radius 3 is 2.86 bits per heavy atom. The minimum atomic E-state index is -0.608. The Kier molecular flexibility index (Phi) is 4.76. The smallest absolute Gasteiger partial charge is 0.244 e. The monoisotopic (exact) mass is 304 g/mol. The first-order valence-corrected chi connectivity index (χ1v) is 7.96. The molecule has 120 valence electrons. The van der Waals surface area contributed by atoms with Gasteiger partial charge in [0, 0.05) is 13.7 Å². The quantitative estimate of drug-likeness (QED) is 0.918. The van der Waals surface area contributed by atoms with E-state index in [-0.39, 0.29) is 24.2 Å². The zero-order valence-electron chi connectivity index (χ0n) is 13.0. The summed E-state index contributed by atoms with van der Waals surface area (Å²) in [5.41, 5.74) is 7.05. The molecule has 1 amide bonds. The van der Waals surface area contributed by atoms with Crippen LogP contribution in [0.1, 0.15) is 30.9 Å². The number of methoxy groups -OCH3 is 1. The number of ether oxygens (including phenoxy) is 2. The molecule has 0 bridgehead atoms. The minimum Gasteiger partial charge on any atom is -0.381 e. The summed E-state index contributed by atoms with van der Waals surface area (Å²) in [6.45, 7) is 1.20. The SMILES string of the molecule is CO[C@@H]1CC[C@@H]2OCCN(C(=O)[C@H](N)c3ccccc3)[C@@H]2C1. The number of benzene rings is 1. The Balaban J connectivity index is 1.75. The van der Waals surface area contributed by atoms with Gasteiger partial charge in [-0.25, -0.2) is 0 Å². The van der Waals surface area contributed by atoms with Crippen molar-refractivity contribution in [2.75, 3.05) is 20.3 Å². The average Bonchev–Trinajstić information content (AvgIpc) is 2.60. The molecule has 1 aliphatic heterocycles. The number of amides is 1. The van der Waals surface area contributed by atoms with E-state index in [2.05, 4.69) is 0 Å². The molecule has 0 unspecified atom stereocenters. The van der Waals surface area contributed by atoms with Gasteiger partial charge in [-0.15, -0.1) is 0 Å². The molecule has 2 fully saturated rings. The van der Waals surface area contributed by atoms with E-state index in [4.69, 9.17) is 15.2 Å². The van der Waals surface area contributed by atoms with Crippen LogP contribution in [-0.4, -0.2) is 49.3 Å². The summed E-state index contributed by atoms with van der Waals surface area (Å²) in [4.78, 5) is 14.8. The van der Waals surface area contributed by atoms with Gasteiger partial charge in [0.25, 0.3) is 0 Å². The predicted molar refractivity (Wildman–Crippen MR) is 83.3 cm³/mol. The highest BCUT2D eigenvalue weighted by Crippen LogP contribution is 2.31. The fourth-order valence-corrected chi connectivity index (χ4v) is 3.54. The number of morpholine rings is 1. The van der Waals surface area contributed by atoms with Crippen molar-refractivity contribution in [3.05, 3.63) is 35.9 Å². The first-order chi connectivity index (χ1) is 10.7. The Labute approximate surface area is 131 Å². The number of hydrogen-bond acceptors (Lipinski definition) is 4. The summed E-state index contributed by atoms with van der Waals surface area (Å²) >= 11 is 0. The maximum absolute atomic E-state index is 12.9. The molecule has 5 heteroatoms. The van der Waals surface area contributed by atoms with Gasteiger partial charge in [0.15, 0.2) is 0 Å². The molecule has 1 saturated carbocycles. The highest BCUT2D eigenvalue weighted by Gasteiger charge is 2.41. The average molecular weight is 304 g/mol. The second kappa shape index (κ2) is 6.77. The normalized spacial score (nSPS) is 29.7. The molecule has 22 heavy (non-hydrogen) atoms. The van der Waals surface area contributed by atoms with Crippen LogP contribution in [0.2, 0.25) is 0 Å². The van der Waals surface area contributed by atoms with Gasteiger partial charge in [-0.2, -0.15) is 0 Å². The van der Waals surface area contributed by atoms with Crippen molar-refractivity contribution in [1.82, 2.24) is 4.90 Å².